The largest absolute Gasteiger partial charge is 0.399 e. The van der Waals surface area contributed by atoms with Crippen LogP contribution in [0.25, 0.3) is 0 Å². The SMILES string of the molecule is Nc1cc(F)cc(N(CC2CC2)C2CC2)c1. The van der Waals surface area contributed by atoms with E-state index in [2.05, 4.69) is 4.90 Å². The third-order valence-corrected chi connectivity index (χ3v) is 3.38. The molecule has 1 aromatic carbocycles. The van der Waals surface area contributed by atoms with Gasteiger partial charge in [-0.15, -0.1) is 0 Å². The van der Waals surface area contributed by atoms with Crippen molar-refractivity contribution < 1.29 is 4.39 Å². The summed E-state index contributed by atoms with van der Waals surface area (Å²) in [4.78, 5) is 2.34. The van der Waals surface area contributed by atoms with Gasteiger partial charge in [0, 0.05) is 24.0 Å². The van der Waals surface area contributed by atoms with Crippen LogP contribution >= 0.6 is 0 Å². The number of nitrogens with two attached hydrogens (primary N) is 1. The van der Waals surface area contributed by atoms with Crippen molar-refractivity contribution in [1.82, 2.24) is 0 Å². The fourth-order valence-corrected chi connectivity index (χ4v) is 2.19. The fourth-order valence-electron chi connectivity index (χ4n) is 2.19. The smallest absolute Gasteiger partial charge is 0.127 e. The molecule has 0 saturated heterocycles. The van der Waals surface area contributed by atoms with Gasteiger partial charge in [0.1, 0.15) is 5.82 Å². The Morgan fingerprint density at radius 1 is 1.19 bits per heavy atom. The molecule has 0 radical (unpaired) electrons. The van der Waals surface area contributed by atoms with Gasteiger partial charge in [-0.25, -0.2) is 4.39 Å². The van der Waals surface area contributed by atoms with Crippen molar-refractivity contribution in [3.8, 4) is 0 Å². The van der Waals surface area contributed by atoms with Crippen LogP contribution in [0.4, 0.5) is 15.8 Å². The summed E-state index contributed by atoms with van der Waals surface area (Å²) in [5, 5.41) is 0. The van der Waals surface area contributed by atoms with Crippen LogP contribution in [0.2, 0.25) is 0 Å². The Kier molecular flexibility index (Phi) is 2.27. The third kappa shape index (κ3) is 2.13. The minimum atomic E-state index is -0.226. The number of nitrogen functional groups attached to an aromatic ring is 1. The Morgan fingerprint density at radius 2 is 1.94 bits per heavy atom. The summed E-state index contributed by atoms with van der Waals surface area (Å²) in [5.41, 5.74) is 7.19. The Morgan fingerprint density at radius 3 is 2.50 bits per heavy atom. The zero-order valence-electron chi connectivity index (χ0n) is 9.32. The lowest BCUT2D eigenvalue weighted by atomic mass is 10.2. The van der Waals surface area contributed by atoms with Gasteiger partial charge in [-0.05, 0) is 49.8 Å². The lowest BCUT2D eigenvalue weighted by molar-refractivity contribution is 0.625. The molecule has 0 aromatic heterocycles. The standard InChI is InChI=1S/C13H17FN2/c14-10-5-11(15)7-13(6-10)16(12-3-4-12)8-9-1-2-9/h5-7,9,12H,1-4,8,15H2. The Bertz CT molecular complexity index is 377. The molecule has 0 heterocycles. The molecule has 2 aliphatic rings. The Balaban J connectivity index is 1.84. The van der Waals surface area contributed by atoms with E-state index in [9.17, 15) is 4.39 Å². The van der Waals surface area contributed by atoms with Crippen LogP contribution in [-0.4, -0.2) is 12.6 Å². The van der Waals surface area contributed by atoms with Crippen LogP contribution in [0.1, 0.15) is 25.7 Å². The molecule has 86 valence electrons. The molecule has 0 bridgehead atoms. The normalized spacial score (nSPS) is 19.8. The van der Waals surface area contributed by atoms with Gasteiger partial charge in [-0.3, -0.25) is 0 Å². The van der Waals surface area contributed by atoms with Crippen molar-refractivity contribution in [1.29, 1.82) is 0 Å². The number of nitrogens with zero attached hydrogens (tertiary/aromatic N) is 1. The van der Waals surface area contributed by atoms with E-state index in [0.717, 1.165) is 18.2 Å². The zero-order chi connectivity index (χ0) is 11.1. The van der Waals surface area contributed by atoms with Crippen molar-refractivity contribution in [2.75, 3.05) is 17.2 Å². The lowest BCUT2D eigenvalue weighted by Crippen LogP contribution is -2.28. The van der Waals surface area contributed by atoms with E-state index in [4.69, 9.17) is 5.73 Å². The molecule has 0 amide bonds. The van der Waals surface area contributed by atoms with Gasteiger partial charge in [0.15, 0.2) is 0 Å². The highest BCUT2D eigenvalue weighted by molar-refractivity contribution is 5.57. The topological polar surface area (TPSA) is 29.3 Å². The number of halogens is 1. The first-order valence-electron chi connectivity index (χ1n) is 6.05. The first-order valence-corrected chi connectivity index (χ1v) is 6.05. The van der Waals surface area contributed by atoms with Gasteiger partial charge in [-0.2, -0.15) is 0 Å². The van der Waals surface area contributed by atoms with Crippen molar-refractivity contribution >= 4 is 11.4 Å². The third-order valence-electron chi connectivity index (χ3n) is 3.38. The highest BCUT2D eigenvalue weighted by Gasteiger charge is 2.34. The molecule has 2 nitrogen and oxygen atoms in total. The maximum atomic E-state index is 13.3. The van der Waals surface area contributed by atoms with Crippen LogP contribution in [0.15, 0.2) is 18.2 Å². The van der Waals surface area contributed by atoms with Crippen LogP contribution in [0.3, 0.4) is 0 Å². The molecule has 2 aliphatic carbocycles. The second-order valence-electron chi connectivity index (χ2n) is 5.07. The quantitative estimate of drug-likeness (QED) is 0.790. The highest BCUT2D eigenvalue weighted by atomic mass is 19.1. The van der Waals surface area contributed by atoms with Gasteiger partial charge >= 0.3 is 0 Å². The average molecular weight is 220 g/mol. The van der Waals surface area contributed by atoms with E-state index in [1.54, 1.807) is 6.07 Å². The lowest BCUT2D eigenvalue weighted by Gasteiger charge is -2.25. The second kappa shape index (κ2) is 3.65. The average Bonchev–Trinajstić information content (AvgIpc) is 3.07. The molecule has 1 aromatic rings. The molecular weight excluding hydrogens is 203 g/mol. The van der Waals surface area contributed by atoms with Gasteiger partial charge in [-0.1, -0.05) is 0 Å². The Hall–Kier alpha value is -1.25. The van der Waals surface area contributed by atoms with Crippen molar-refractivity contribution in [3.05, 3.63) is 24.0 Å². The summed E-state index contributed by atoms with van der Waals surface area (Å²) >= 11 is 0. The van der Waals surface area contributed by atoms with Gasteiger partial charge in [0.2, 0.25) is 0 Å². The van der Waals surface area contributed by atoms with E-state index in [1.165, 1.54) is 31.7 Å². The highest BCUT2D eigenvalue weighted by Crippen LogP contribution is 2.38. The maximum absolute atomic E-state index is 13.3. The Labute approximate surface area is 95.2 Å². The van der Waals surface area contributed by atoms with Gasteiger partial charge in [0.25, 0.3) is 0 Å². The molecule has 2 saturated carbocycles. The second-order valence-corrected chi connectivity index (χ2v) is 5.07. The first kappa shape index (κ1) is 9.94. The molecule has 16 heavy (non-hydrogen) atoms. The molecule has 0 aliphatic heterocycles. The van der Waals surface area contributed by atoms with E-state index < -0.39 is 0 Å². The molecule has 2 fully saturated rings. The zero-order valence-corrected chi connectivity index (χ0v) is 9.32. The van der Waals surface area contributed by atoms with Crippen LogP contribution in [0.5, 0.6) is 0 Å². The molecule has 2 N–H and O–H groups in total. The molecule has 0 atom stereocenters. The van der Waals surface area contributed by atoms with Crippen LogP contribution < -0.4 is 10.6 Å². The minimum absolute atomic E-state index is 0.226. The summed E-state index contributed by atoms with van der Waals surface area (Å²) in [6.45, 7) is 1.08. The van der Waals surface area contributed by atoms with Crippen molar-refractivity contribution in [2.24, 2.45) is 5.92 Å². The van der Waals surface area contributed by atoms with Crippen molar-refractivity contribution in [2.45, 2.75) is 31.7 Å². The predicted octanol–water partition coefficient (Wildman–Crippen LogP) is 2.79. The predicted molar refractivity (Wildman–Crippen MR) is 63.9 cm³/mol. The summed E-state index contributed by atoms with van der Waals surface area (Å²) in [6, 6.07) is 5.51. The molecule has 3 heteroatoms. The summed E-state index contributed by atoms with van der Waals surface area (Å²) < 4.78 is 13.3. The summed E-state index contributed by atoms with van der Waals surface area (Å²) in [7, 11) is 0. The number of hydrogen-bond acceptors (Lipinski definition) is 2. The summed E-state index contributed by atoms with van der Waals surface area (Å²) in [5.74, 6) is 0.599. The molecule has 3 rings (SSSR count). The number of benzene rings is 1. The fraction of sp³-hybridized carbons (Fsp3) is 0.538. The minimum Gasteiger partial charge on any atom is -0.399 e. The van der Waals surface area contributed by atoms with E-state index in [0.29, 0.717) is 11.7 Å². The van der Waals surface area contributed by atoms with Crippen molar-refractivity contribution in [3.63, 3.8) is 0 Å². The monoisotopic (exact) mass is 220 g/mol. The van der Waals surface area contributed by atoms with Crippen LogP contribution in [-0.2, 0) is 0 Å². The molecular formula is C13H17FN2. The molecule has 0 spiro atoms. The number of hydrogen-bond donors (Lipinski definition) is 1. The number of rotatable bonds is 4. The summed E-state index contributed by atoms with van der Waals surface area (Å²) in [6.07, 6.45) is 5.13. The molecule has 0 unspecified atom stereocenters. The van der Waals surface area contributed by atoms with Gasteiger partial charge < -0.3 is 10.6 Å². The number of anilines is 2. The van der Waals surface area contributed by atoms with Gasteiger partial charge in [0.05, 0.1) is 0 Å². The maximum Gasteiger partial charge on any atom is 0.127 e. The first-order chi connectivity index (χ1) is 7.72. The van der Waals surface area contributed by atoms with Crippen LogP contribution in [0, 0.1) is 11.7 Å². The van der Waals surface area contributed by atoms with E-state index in [-0.39, 0.29) is 5.82 Å². The van der Waals surface area contributed by atoms with E-state index >= 15 is 0 Å². The van der Waals surface area contributed by atoms with E-state index in [1.807, 2.05) is 6.07 Å².